The highest BCUT2D eigenvalue weighted by molar-refractivity contribution is 9.08. The summed E-state index contributed by atoms with van der Waals surface area (Å²) in [6, 6.07) is 6.77. The van der Waals surface area contributed by atoms with Crippen LogP contribution >= 0.6 is 15.9 Å². The molecule has 0 aromatic heterocycles. The largest absolute Gasteiger partial charge is 0.243 e. The summed E-state index contributed by atoms with van der Waals surface area (Å²) >= 11 is 3.31. The fourth-order valence-electron chi connectivity index (χ4n) is 1.37. The third-order valence-electron chi connectivity index (χ3n) is 2.34. The van der Waals surface area contributed by atoms with Gasteiger partial charge in [-0.05, 0) is 17.7 Å². The Morgan fingerprint density at radius 2 is 1.94 bits per heavy atom. The van der Waals surface area contributed by atoms with Gasteiger partial charge in [0.05, 0.1) is 11.4 Å². The van der Waals surface area contributed by atoms with Gasteiger partial charge in [-0.2, -0.15) is 4.31 Å². The standard InChI is InChI=1S/C12H14BrNO2S/c1-3-9-14(4-2)17(15,16)12-7-5-11(10-13)6-8-12/h1,5-8H,4,9-10H2,2H3. The summed E-state index contributed by atoms with van der Waals surface area (Å²) in [5.74, 6) is 2.36. The molecule has 0 aliphatic carbocycles. The van der Waals surface area contributed by atoms with Crippen LogP contribution in [0.25, 0.3) is 0 Å². The number of alkyl halides is 1. The lowest BCUT2D eigenvalue weighted by molar-refractivity contribution is 0.464. The highest BCUT2D eigenvalue weighted by Gasteiger charge is 2.21. The van der Waals surface area contributed by atoms with Crippen molar-refractivity contribution < 1.29 is 8.42 Å². The molecule has 17 heavy (non-hydrogen) atoms. The molecule has 0 unspecified atom stereocenters. The van der Waals surface area contributed by atoms with Crippen molar-refractivity contribution >= 4 is 26.0 Å². The van der Waals surface area contributed by atoms with Crippen LogP contribution in [0.15, 0.2) is 29.2 Å². The zero-order valence-corrected chi connectivity index (χ0v) is 12.0. The van der Waals surface area contributed by atoms with Crippen LogP contribution in [0.1, 0.15) is 12.5 Å². The third-order valence-corrected chi connectivity index (χ3v) is 4.92. The second-order valence-electron chi connectivity index (χ2n) is 3.41. The van der Waals surface area contributed by atoms with E-state index in [0.717, 1.165) is 5.56 Å². The molecule has 1 aromatic carbocycles. The lowest BCUT2D eigenvalue weighted by atomic mass is 10.2. The van der Waals surface area contributed by atoms with E-state index >= 15 is 0 Å². The molecule has 92 valence electrons. The predicted molar refractivity (Wildman–Crippen MR) is 72.3 cm³/mol. The maximum absolute atomic E-state index is 12.2. The first-order valence-corrected chi connectivity index (χ1v) is 7.71. The lowest BCUT2D eigenvalue weighted by Crippen LogP contribution is -2.31. The van der Waals surface area contributed by atoms with E-state index in [1.165, 1.54) is 4.31 Å². The van der Waals surface area contributed by atoms with E-state index in [1.54, 1.807) is 31.2 Å². The summed E-state index contributed by atoms with van der Waals surface area (Å²) in [6.45, 7) is 2.23. The Balaban J connectivity index is 3.08. The molecule has 1 aromatic rings. The maximum Gasteiger partial charge on any atom is 0.243 e. The van der Waals surface area contributed by atoms with Crippen LogP contribution in [0.2, 0.25) is 0 Å². The van der Waals surface area contributed by atoms with E-state index in [2.05, 4.69) is 21.9 Å². The van der Waals surface area contributed by atoms with Crippen LogP contribution in [0, 0.1) is 12.3 Å². The zero-order chi connectivity index (χ0) is 12.9. The van der Waals surface area contributed by atoms with Gasteiger partial charge in [0.2, 0.25) is 10.0 Å². The molecule has 0 N–H and O–H groups in total. The van der Waals surface area contributed by atoms with Gasteiger partial charge >= 0.3 is 0 Å². The number of nitrogens with zero attached hydrogens (tertiary/aromatic N) is 1. The molecule has 1 rings (SSSR count). The Morgan fingerprint density at radius 3 is 2.35 bits per heavy atom. The van der Waals surface area contributed by atoms with Gasteiger partial charge in [0, 0.05) is 11.9 Å². The van der Waals surface area contributed by atoms with Gasteiger partial charge < -0.3 is 0 Å². The number of hydrogen-bond acceptors (Lipinski definition) is 2. The van der Waals surface area contributed by atoms with Crippen molar-refractivity contribution in [2.45, 2.75) is 17.1 Å². The first-order chi connectivity index (χ1) is 8.06. The fourth-order valence-corrected chi connectivity index (χ4v) is 3.10. The molecule has 0 heterocycles. The van der Waals surface area contributed by atoms with E-state index in [9.17, 15) is 8.42 Å². The van der Waals surface area contributed by atoms with E-state index in [-0.39, 0.29) is 11.4 Å². The molecule has 0 aliphatic rings. The molecule has 0 saturated carbocycles. The molecule has 0 amide bonds. The van der Waals surface area contributed by atoms with Crippen molar-refractivity contribution in [2.24, 2.45) is 0 Å². The van der Waals surface area contributed by atoms with Crippen molar-refractivity contribution in [3.8, 4) is 12.3 Å². The Hall–Kier alpha value is -0.830. The third kappa shape index (κ3) is 3.32. The number of hydrogen-bond donors (Lipinski definition) is 0. The summed E-state index contributed by atoms with van der Waals surface area (Å²) in [6.07, 6.45) is 5.16. The number of halogens is 1. The molecule has 3 nitrogen and oxygen atoms in total. The van der Waals surface area contributed by atoms with Gasteiger partial charge in [0.25, 0.3) is 0 Å². The van der Waals surface area contributed by atoms with Crippen LogP contribution in [0.3, 0.4) is 0 Å². The minimum Gasteiger partial charge on any atom is -0.207 e. The zero-order valence-electron chi connectivity index (χ0n) is 9.56. The highest BCUT2D eigenvalue weighted by Crippen LogP contribution is 2.17. The monoisotopic (exact) mass is 315 g/mol. The number of benzene rings is 1. The molecule has 0 fully saturated rings. The molecule has 0 spiro atoms. The summed E-state index contributed by atoms with van der Waals surface area (Å²) in [7, 11) is -3.46. The van der Waals surface area contributed by atoms with E-state index in [4.69, 9.17) is 6.42 Å². The molecule has 5 heteroatoms. The Labute approximate surface area is 111 Å². The minimum atomic E-state index is -3.46. The van der Waals surface area contributed by atoms with Crippen molar-refractivity contribution in [1.82, 2.24) is 4.31 Å². The average molecular weight is 316 g/mol. The van der Waals surface area contributed by atoms with E-state index in [0.29, 0.717) is 11.9 Å². The van der Waals surface area contributed by atoms with Crippen LogP contribution in [0.5, 0.6) is 0 Å². The lowest BCUT2D eigenvalue weighted by Gasteiger charge is -2.17. The fraction of sp³-hybridized carbons (Fsp3) is 0.333. The summed E-state index contributed by atoms with van der Waals surface area (Å²) in [5.41, 5.74) is 1.03. The van der Waals surface area contributed by atoms with Gasteiger partial charge in [-0.15, -0.1) is 6.42 Å². The van der Waals surface area contributed by atoms with Crippen molar-refractivity contribution in [3.05, 3.63) is 29.8 Å². The Kier molecular flexibility index (Phi) is 5.19. The normalized spacial score (nSPS) is 11.4. The van der Waals surface area contributed by atoms with Crippen LogP contribution in [-0.4, -0.2) is 25.8 Å². The van der Waals surface area contributed by atoms with Gasteiger partial charge in [-0.1, -0.05) is 40.9 Å². The Bertz CT molecular complexity index is 502. The van der Waals surface area contributed by atoms with Gasteiger partial charge in [-0.25, -0.2) is 8.42 Å². The smallest absolute Gasteiger partial charge is 0.207 e. The number of terminal acetylenes is 1. The minimum absolute atomic E-state index is 0.0963. The van der Waals surface area contributed by atoms with E-state index < -0.39 is 10.0 Å². The predicted octanol–water partition coefficient (Wildman–Crippen LogP) is 2.23. The SMILES string of the molecule is C#CCN(CC)S(=O)(=O)c1ccc(CBr)cc1. The maximum atomic E-state index is 12.2. The van der Waals surface area contributed by atoms with Crippen molar-refractivity contribution in [2.75, 3.05) is 13.1 Å². The van der Waals surface area contributed by atoms with Crippen LogP contribution in [-0.2, 0) is 15.4 Å². The van der Waals surface area contributed by atoms with Crippen LogP contribution in [0.4, 0.5) is 0 Å². The summed E-state index contributed by atoms with van der Waals surface area (Å²) in [4.78, 5) is 0.277. The first kappa shape index (κ1) is 14.2. The quantitative estimate of drug-likeness (QED) is 0.617. The van der Waals surface area contributed by atoms with Crippen LogP contribution < -0.4 is 0 Å². The highest BCUT2D eigenvalue weighted by atomic mass is 79.9. The second-order valence-corrected chi connectivity index (χ2v) is 5.91. The molecule has 0 saturated heterocycles. The average Bonchev–Trinajstić information content (AvgIpc) is 2.35. The van der Waals surface area contributed by atoms with Gasteiger partial charge in [-0.3, -0.25) is 0 Å². The molecular formula is C12H14BrNO2S. The topological polar surface area (TPSA) is 37.4 Å². The van der Waals surface area contributed by atoms with Crippen molar-refractivity contribution in [1.29, 1.82) is 0 Å². The summed E-state index contributed by atoms with van der Waals surface area (Å²) in [5, 5.41) is 0.704. The van der Waals surface area contributed by atoms with E-state index in [1.807, 2.05) is 0 Å². The molecular weight excluding hydrogens is 302 g/mol. The molecule has 0 radical (unpaired) electrons. The first-order valence-electron chi connectivity index (χ1n) is 5.14. The van der Waals surface area contributed by atoms with Gasteiger partial charge in [0.15, 0.2) is 0 Å². The summed E-state index contributed by atoms with van der Waals surface area (Å²) < 4.78 is 25.6. The molecule has 0 bridgehead atoms. The van der Waals surface area contributed by atoms with Crippen molar-refractivity contribution in [3.63, 3.8) is 0 Å². The Morgan fingerprint density at radius 1 is 1.35 bits per heavy atom. The molecule has 0 atom stereocenters. The number of rotatable bonds is 5. The number of sulfonamides is 1. The second kappa shape index (κ2) is 6.20. The molecule has 0 aliphatic heterocycles. The van der Waals surface area contributed by atoms with Gasteiger partial charge in [0.1, 0.15) is 0 Å².